The van der Waals surface area contributed by atoms with Gasteiger partial charge in [-0.1, -0.05) is 36.4 Å². The van der Waals surface area contributed by atoms with Gasteiger partial charge in [-0.25, -0.2) is 4.90 Å². The van der Waals surface area contributed by atoms with Crippen molar-refractivity contribution in [3.8, 4) is 0 Å². The number of carbonyl (C=O) groups excluding carboxylic acids is 9. The van der Waals surface area contributed by atoms with Crippen LogP contribution in [0.25, 0.3) is 21.5 Å². The van der Waals surface area contributed by atoms with Crippen LogP contribution in [0.15, 0.2) is 109 Å². The van der Waals surface area contributed by atoms with Crippen LogP contribution in [0.1, 0.15) is 102 Å². The highest BCUT2D eigenvalue weighted by molar-refractivity contribution is 6.36. The van der Waals surface area contributed by atoms with E-state index < -0.39 is 52.2 Å². The fraction of sp³-hybridized carbons (Fsp3) is 0.246. The number of carbonyl (C=O) groups is 9. The molecule has 9 rings (SSSR count). The number of nitro benzene ring substituents is 1. The molecule has 410 valence electrons. The Labute approximate surface area is 457 Å². The van der Waals surface area contributed by atoms with Crippen LogP contribution in [0.2, 0.25) is 0 Å². The first kappa shape index (κ1) is 54.9. The molecule has 23 nitrogen and oxygen atoms in total. The van der Waals surface area contributed by atoms with Crippen LogP contribution in [0.3, 0.4) is 0 Å². The van der Waals surface area contributed by atoms with Gasteiger partial charge in [0, 0.05) is 123 Å². The third-order valence-electron chi connectivity index (χ3n) is 13.6. The highest BCUT2D eigenvalue weighted by atomic mass is 16.6. The Morgan fingerprint density at radius 2 is 1.10 bits per heavy atom. The van der Waals surface area contributed by atoms with Gasteiger partial charge in [0.1, 0.15) is 11.4 Å². The minimum Gasteiger partial charge on any atom is -0.352 e. The second-order valence-electron chi connectivity index (χ2n) is 19.6. The Morgan fingerprint density at radius 3 is 1.73 bits per heavy atom. The molecule has 80 heavy (non-hydrogen) atoms. The molecule has 0 saturated carbocycles. The fourth-order valence-electron chi connectivity index (χ4n) is 9.78. The number of rotatable bonds is 22. The highest BCUT2D eigenvalue weighted by Gasteiger charge is 2.37. The number of benzene rings is 5. The second-order valence-corrected chi connectivity index (χ2v) is 19.6. The van der Waals surface area contributed by atoms with Crippen molar-refractivity contribution < 1.29 is 48.1 Å². The third kappa shape index (κ3) is 11.5. The van der Waals surface area contributed by atoms with Gasteiger partial charge in [-0.3, -0.25) is 58.2 Å². The van der Waals surface area contributed by atoms with E-state index in [-0.39, 0.29) is 96.2 Å². The first-order valence-corrected chi connectivity index (χ1v) is 25.7. The van der Waals surface area contributed by atoms with Crippen molar-refractivity contribution in [2.45, 2.75) is 19.3 Å². The standard InChI is InChI=1S/C57H56N12O11/c1-64(2)22-9-18-60-52(73)45-29-38(32-65(45)3)63-53(74)46-28-37(31-66(46)4)62-47(70)16-8-17-59-50(71)35-24-36(27-39(26-35)68-56(77)43-15-7-12-34-25-40(69(79)80)30-44(49(34)43)57(68)78)51(72)61-20-19-58-21-23-67-54(75)41-13-5-10-33-11-6-14-42(48(33)41)55(67)76/h5-7,10-15,24-32,58H,8-9,16-23H2,1-4H3,(H,59,71)(H,60,73)(H,61,72)(H,62,70)(H,63,74). The van der Waals surface area contributed by atoms with Crippen LogP contribution in [-0.2, 0) is 18.9 Å². The molecular weight excluding hydrogens is 1030 g/mol. The molecule has 2 aliphatic heterocycles. The van der Waals surface area contributed by atoms with Crippen LogP contribution in [0.5, 0.6) is 0 Å². The van der Waals surface area contributed by atoms with Gasteiger partial charge in [-0.2, -0.15) is 0 Å². The van der Waals surface area contributed by atoms with Gasteiger partial charge in [-0.05, 0) is 92.8 Å². The number of nitro groups is 1. The number of hydrogen-bond acceptors (Lipinski definition) is 13. The zero-order valence-corrected chi connectivity index (χ0v) is 44.1. The largest absolute Gasteiger partial charge is 0.352 e. The number of anilines is 3. The zero-order chi connectivity index (χ0) is 56.9. The van der Waals surface area contributed by atoms with Crippen molar-refractivity contribution in [3.05, 3.63) is 164 Å². The van der Waals surface area contributed by atoms with Crippen LogP contribution >= 0.6 is 0 Å². The lowest BCUT2D eigenvalue weighted by molar-refractivity contribution is -0.384. The number of amides is 9. The second kappa shape index (κ2) is 23.4. The van der Waals surface area contributed by atoms with E-state index >= 15 is 0 Å². The first-order chi connectivity index (χ1) is 38.4. The smallest absolute Gasteiger partial charge is 0.272 e. The molecule has 4 heterocycles. The molecule has 23 heteroatoms. The summed E-state index contributed by atoms with van der Waals surface area (Å²) in [7, 11) is 7.23. The number of nitrogens with one attached hydrogen (secondary N) is 6. The Bertz CT molecular complexity index is 3680. The summed E-state index contributed by atoms with van der Waals surface area (Å²) in [5, 5.41) is 30.8. The molecule has 7 aromatic rings. The lowest BCUT2D eigenvalue weighted by atomic mass is 9.92. The van der Waals surface area contributed by atoms with Crippen molar-refractivity contribution in [2.24, 2.45) is 14.1 Å². The molecule has 0 radical (unpaired) electrons. The maximum atomic E-state index is 14.3. The van der Waals surface area contributed by atoms with Crippen LogP contribution < -0.4 is 36.8 Å². The van der Waals surface area contributed by atoms with Gasteiger partial charge < -0.3 is 45.9 Å². The van der Waals surface area contributed by atoms with Gasteiger partial charge in [0.05, 0.1) is 27.5 Å². The number of aryl methyl sites for hydroxylation is 2. The average Bonchev–Trinajstić information content (AvgIpc) is 4.01. The van der Waals surface area contributed by atoms with Crippen molar-refractivity contribution >= 4 is 97.5 Å². The Morgan fingerprint density at radius 1 is 0.562 bits per heavy atom. The van der Waals surface area contributed by atoms with Crippen molar-refractivity contribution in [1.82, 2.24) is 40.2 Å². The van der Waals surface area contributed by atoms with Crippen LogP contribution in [-0.4, -0.2) is 137 Å². The number of nitrogens with zero attached hydrogens (tertiary/aromatic N) is 6. The molecule has 0 fully saturated rings. The molecule has 2 aliphatic rings. The lowest BCUT2D eigenvalue weighted by Gasteiger charge is -2.28. The molecule has 0 aliphatic carbocycles. The van der Waals surface area contributed by atoms with Gasteiger partial charge >= 0.3 is 0 Å². The quantitative estimate of drug-likeness (QED) is 0.0224. The predicted molar refractivity (Wildman–Crippen MR) is 297 cm³/mol. The van der Waals surface area contributed by atoms with E-state index in [0.717, 1.165) is 29.3 Å². The third-order valence-corrected chi connectivity index (χ3v) is 13.6. The summed E-state index contributed by atoms with van der Waals surface area (Å²) in [4.78, 5) is 137. The molecular formula is C57H56N12O11. The molecule has 9 amide bonds. The first-order valence-electron chi connectivity index (χ1n) is 25.7. The van der Waals surface area contributed by atoms with E-state index in [9.17, 15) is 53.3 Å². The molecule has 0 atom stereocenters. The monoisotopic (exact) mass is 1080 g/mol. The maximum absolute atomic E-state index is 14.3. The van der Waals surface area contributed by atoms with E-state index in [4.69, 9.17) is 0 Å². The maximum Gasteiger partial charge on any atom is 0.272 e. The lowest BCUT2D eigenvalue weighted by Crippen LogP contribution is -2.44. The topological polar surface area (TPSA) is 289 Å². The normalized spacial score (nSPS) is 12.8. The van der Waals surface area contributed by atoms with E-state index in [2.05, 4.69) is 31.9 Å². The summed E-state index contributed by atoms with van der Waals surface area (Å²) in [5.74, 6) is -5.14. The van der Waals surface area contributed by atoms with E-state index in [1.165, 1.54) is 51.9 Å². The van der Waals surface area contributed by atoms with E-state index in [1.54, 1.807) is 67.5 Å². The van der Waals surface area contributed by atoms with Gasteiger partial charge in [0.25, 0.3) is 52.9 Å². The fourth-order valence-corrected chi connectivity index (χ4v) is 9.78. The van der Waals surface area contributed by atoms with Crippen LogP contribution in [0.4, 0.5) is 22.7 Å². The van der Waals surface area contributed by atoms with E-state index in [1.807, 2.05) is 31.1 Å². The number of imide groups is 2. The SMILES string of the molecule is CN(C)CCCNC(=O)c1cc(NC(=O)c2cc(NC(=O)CCCNC(=O)c3cc(C(=O)NCCNCCN4C(=O)c5cccc6cccc(c56)C4=O)cc(N4C(=O)c5cccc6cc([N+](=O)[O-])cc(c56)C4=O)c3)cn2C)cn1C. The van der Waals surface area contributed by atoms with Crippen molar-refractivity contribution in [1.29, 1.82) is 0 Å². The summed E-state index contributed by atoms with van der Waals surface area (Å²) >= 11 is 0. The molecule has 0 unspecified atom stereocenters. The van der Waals surface area contributed by atoms with Gasteiger partial charge in [0.15, 0.2) is 0 Å². The average molecular weight is 1090 g/mol. The van der Waals surface area contributed by atoms with E-state index in [0.29, 0.717) is 45.5 Å². The number of non-ortho nitro benzene ring substituents is 1. The van der Waals surface area contributed by atoms with Crippen molar-refractivity contribution in [3.63, 3.8) is 0 Å². The molecule has 0 spiro atoms. The summed E-state index contributed by atoms with van der Waals surface area (Å²) < 4.78 is 3.14. The highest BCUT2D eigenvalue weighted by Crippen LogP contribution is 2.36. The Kier molecular flexibility index (Phi) is 16.1. The molecule has 0 saturated heterocycles. The Hall–Kier alpha value is -9.87. The minimum atomic E-state index is -0.920. The minimum absolute atomic E-state index is 0.0303. The Balaban J connectivity index is 0.828. The van der Waals surface area contributed by atoms with Gasteiger partial charge in [-0.15, -0.1) is 0 Å². The summed E-state index contributed by atoms with van der Waals surface area (Å²) in [6.45, 7) is 1.74. The number of hydrogen-bond donors (Lipinski definition) is 6. The molecule has 5 aromatic carbocycles. The molecule has 2 aromatic heterocycles. The summed E-state index contributed by atoms with van der Waals surface area (Å²) in [6, 6.07) is 24.3. The molecule has 6 N–H and O–H groups in total. The summed E-state index contributed by atoms with van der Waals surface area (Å²) in [6.07, 6.45) is 4.03. The molecule has 0 bridgehead atoms. The predicted octanol–water partition coefficient (Wildman–Crippen LogP) is 5.08. The number of aromatic nitrogens is 2. The zero-order valence-electron chi connectivity index (χ0n) is 44.1. The van der Waals surface area contributed by atoms with Crippen molar-refractivity contribution in [2.75, 3.05) is 75.4 Å². The summed E-state index contributed by atoms with van der Waals surface area (Å²) in [5.41, 5.74) is 1.31. The van der Waals surface area contributed by atoms with Gasteiger partial charge in [0.2, 0.25) is 5.91 Å². The van der Waals surface area contributed by atoms with Crippen LogP contribution in [0, 0.1) is 10.1 Å².